The van der Waals surface area contributed by atoms with E-state index in [2.05, 4.69) is 9.88 Å². The summed E-state index contributed by atoms with van der Waals surface area (Å²) in [5, 5.41) is 12.1. The van der Waals surface area contributed by atoms with Gasteiger partial charge in [-0.25, -0.2) is 0 Å². The van der Waals surface area contributed by atoms with Gasteiger partial charge in [0, 0.05) is 53.9 Å². The standard InChI is InChI=1S/C19H19N3O3.ClH/c23-22(24)15-6-7-17-16(12-15)19(14-4-2-1-3-5-14)18(20-17)13-21-8-10-25-11-9-21;/h1-7,12,20H,8-11,13H2;1H. The molecule has 2 heterocycles. The van der Waals surface area contributed by atoms with Crippen molar-refractivity contribution in [3.05, 3.63) is 64.3 Å². The first kappa shape index (κ1) is 18.4. The summed E-state index contributed by atoms with van der Waals surface area (Å²) in [4.78, 5) is 16.7. The highest BCUT2D eigenvalue weighted by atomic mass is 35.5. The molecule has 0 aliphatic carbocycles. The van der Waals surface area contributed by atoms with E-state index in [9.17, 15) is 10.1 Å². The first-order valence-corrected chi connectivity index (χ1v) is 8.37. The normalized spacial score (nSPS) is 14.9. The summed E-state index contributed by atoms with van der Waals surface area (Å²) in [7, 11) is 0. The van der Waals surface area contributed by atoms with Crippen LogP contribution in [-0.4, -0.2) is 41.1 Å². The third-order valence-corrected chi connectivity index (χ3v) is 4.62. The van der Waals surface area contributed by atoms with Crippen molar-refractivity contribution in [3.63, 3.8) is 0 Å². The number of nitrogens with zero attached hydrogens (tertiary/aromatic N) is 2. The predicted octanol–water partition coefficient (Wildman–Crippen LogP) is 4.00. The number of nitro groups is 1. The fourth-order valence-electron chi connectivity index (χ4n) is 3.39. The number of rotatable bonds is 4. The quantitative estimate of drug-likeness (QED) is 0.554. The highest BCUT2D eigenvalue weighted by molar-refractivity contribution is 5.98. The Morgan fingerprint density at radius 3 is 2.54 bits per heavy atom. The fourth-order valence-corrected chi connectivity index (χ4v) is 3.39. The number of H-pyrrole nitrogens is 1. The first-order chi connectivity index (χ1) is 12.2. The van der Waals surface area contributed by atoms with Gasteiger partial charge in [0.15, 0.2) is 0 Å². The Balaban J connectivity index is 0.00000196. The van der Waals surface area contributed by atoms with Crippen molar-refractivity contribution < 1.29 is 9.66 Å². The van der Waals surface area contributed by atoms with Crippen LogP contribution in [0.2, 0.25) is 0 Å². The number of nitrogens with one attached hydrogen (secondary N) is 1. The van der Waals surface area contributed by atoms with Gasteiger partial charge in [0.1, 0.15) is 0 Å². The molecule has 0 bridgehead atoms. The van der Waals surface area contributed by atoms with E-state index in [4.69, 9.17) is 4.74 Å². The Bertz CT molecular complexity index is 905. The van der Waals surface area contributed by atoms with Crippen molar-refractivity contribution >= 4 is 29.0 Å². The summed E-state index contributed by atoms with van der Waals surface area (Å²) in [6.45, 7) is 4.04. The molecule has 1 aromatic heterocycles. The summed E-state index contributed by atoms with van der Waals surface area (Å²) in [5.74, 6) is 0. The van der Waals surface area contributed by atoms with Crippen LogP contribution in [0.15, 0.2) is 48.5 Å². The molecule has 0 unspecified atom stereocenters. The Morgan fingerprint density at radius 2 is 1.85 bits per heavy atom. The van der Waals surface area contributed by atoms with Crippen molar-refractivity contribution in [2.45, 2.75) is 6.54 Å². The molecule has 136 valence electrons. The van der Waals surface area contributed by atoms with Crippen molar-refractivity contribution in [3.8, 4) is 11.1 Å². The number of nitro benzene ring substituents is 1. The molecule has 0 atom stereocenters. The lowest BCUT2D eigenvalue weighted by atomic mass is 10.0. The minimum Gasteiger partial charge on any atom is -0.379 e. The van der Waals surface area contributed by atoms with Gasteiger partial charge in [-0.3, -0.25) is 15.0 Å². The van der Waals surface area contributed by atoms with Gasteiger partial charge >= 0.3 is 0 Å². The number of halogens is 1. The zero-order valence-electron chi connectivity index (χ0n) is 14.2. The number of aromatic nitrogens is 1. The van der Waals surface area contributed by atoms with Gasteiger partial charge in [-0.1, -0.05) is 30.3 Å². The second-order valence-electron chi connectivity index (χ2n) is 6.22. The third kappa shape index (κ3) is 3.58. The minimum atomic E-state index is -0.344. The zero-order chi connectivity index (χ0) is 17.2. The average Bonchev–Trinajstić information content (AvgIpc) is 3.00. The number of fused-ring (bicyclic) bond motifs is 1. The number of non-ortho nitro benzene ring substituents is 1. The lowest BCUT2D eigenvalue weighted by Crippen LogP contribution is -2.35. The Hall–Kier alpha value is -2.41. The lowest BCUT2D eigenvalue weighted by molar-refractivity contribution is -0.384. The van der Waals surface area contributed by atoms with Crippen LogP contribution < -0.4 is 0 Å². The van der Waals surface area contributed by atoms with Crippen LogP contribution >= 0.6 is 12.4 Å². The second-order valence-corrected chi connectivity index (χ2v) is 6.22. The summed E-state index contributed by atoms with van der Waals surface area (Å²) in [6.07, 6.45) is 0. The van der Waals surface area contributed by atoms with Gasteiger partial charge in [0.2, 0.25) is 0 Å². The van der Waals surface area contributed by atoms with E-state index in [1.165, 1.54) is 0 Å². The van der Waals surface area contributed by atoms with E-state index < -0.39 is 0 Å². The molecule has 0 amide bonds. The molecule has 26 heavy (non-hydrogen) atoms. The molecule has 3 aromatic rings. The lowest BCUT2D eigenvalue weighted by Gasteiger charge is -2.26. The Morgan fingerprint density at radius 1 is 1.12 bits per heavy atom. The smallest absolute Gasteiger partial charge is 0.270 e. The molecule has 2 aromatic carbocycles. The number of morpholine rings is 1. The van der Waals surface area contributed by atoms with Gasteiger partial charge < -0.3 is 9.72 Å². The third-order valence-electron chi connectivity index (χ3n) is 4.62. The van der Waals surface area contributed by atoms with E-state index in [1.807, 2.05) is 30.3 Å². The topological polar surface area (TPSA) is 71.4 Å². The van der Waals surface area contributed by atoms with Crippen LogP contribution in [-0.2, 0) is 11.3 Å². The monoisotopic (exact) mass is 373 g/mol. The maximum atomic E-state index is 11.2. The van der Waals surface area contributed by atoms with Crippen LogP contribution in [0.5, 0.6) is 0 Å². The molecule has 0 saturated carbocycles. The summed E-state index contributed by atoms with van der Waals surface area (Å²) < 4.78 is 5.43. The highest BCUT2D eigenvalue weighted by Gasteiger charge is 2.19. The Kier molecular flexibility index (Phi) is 5.56. The van der Waals surface area contributed by atoms with Crippen LogP contribution in [0.3, 0.4) is 0 Å². The molecule has 6 nitrogen and oxygen atoms in total. The zero-order valence-corrected chi connectivity index (χ0v) is 15.0. The summed E-state index contributed by atoms with van der Waals surface area (Å²) >= 11 is 0. The average molecular weight is 374 g/mol. The molecular formula is C19H20ClN3O3. The number of benzene rings is 2. The number of hydrogen-bond acceptors (Lipinski definition) is 4. The van der Waals surface area contributed by atoms with E-state index in [0.29, 0.717) is 0 Å². The highest BCUT2D eigenvalue weighted by Crippen LogP contribution is 2.35. The van der Waals surface area contributed by atoms with Gasteiger partial charge in [-0.15, -0.1) is 12.4 Å². The molecule has 0 spiro atoms. The van der Waals surface area contributed by atoms with Crippen LogP contribution in [0.25, 0.3) is 22.0 Å². The molecule has 1 saturated heterocycles. The SMILES string of the molecule is Cl.O=[N+]([O-])c1ccc2[nH]c(CN3CCOCC3)c(-c3ccccc3)c2c1. The second kappa shape index (κ2) is 7.86. The van der Waals surface area contributed by atoms with Crippen LogP contribution in [0.1, 0.15) is 5.69 Å². The van der Waals surface area contributed by atoms with Crippen molar-refractivity contribution in [2.75, 3.05) is 26.3 Å². The van der Waals surface area contributed by atoms with Crippen molar-refractivity contribution in [2.24, 2.45) is 0 Å². The summed E-state index contributed by atoms with van der Waals surface area (Å²) in [5.41, 5.74) is 4.24. The largest absolute Gasteiger partial charge is 0.379 e. The molecule has 0 radical (unpaired) electrons. The van der Waals surface area contributed by atoms with E-state index in [0.717, 1.165) is 60.6 Å². The van der Waals surface area contributed by atoms with E-state index in [-0.39, 0.29) is 23.0 Å². The number of aromatic amines is 1. The van der Waals surface area contributed by atoms with Gasteiger partial charge in [0.05, 0.1) is 18.1 Å². The minimum absolute atomic E-state index is 0. The molecular weight excluding hydrogens is 354 g/mol. The predicted molar refractivity (Wildman–Crippen MR) is 104 cm³/mol. The molecule has 1 aliphatic rings. The van der Waals surface area contributed by atoms with Gasteiger partial charge in [-0.2, -0.15) is 0 Å². The molecule has 1 aliphatic heterocycles. The van der Waals surface area contributed by atoms with Crippen molar-refractivity contribution in [1.82, 2.24) is 9.88 Å². The molecule has 4 rings (SSSR count). The van der Waals surface area contributed by atoms with Crippen LogP contribution in [0, 0.1) is 10.1 Å². The maximum Gasteiger partial charge on any atom is 0.270 e. The molecule has 1 N–H and O–H groups in total. The Labute approximate surface area is 157 Å². The van der Waals surface area contributed by atoms with E-state index in [1.54, 1.807) is 18.2 Å². The number of hydrogen-bond donors (Lipinski definition) is 1. The number of ether oxygens (including phenoxy) is 1. The molecule has 7 heteroatoms. The van der Waals surface area contributed by atoms with Gasteiger partial charge in [0.25, 0.3) is 5.69 Å². The fraction of sp³-hybridized carbons (Fsp3) is 0.263. The van der Waals surface area contributed by atoms with Crippen molar-refractivity contribution in [1.29, 1.82) is 0 Å². The first-order valence-electron chi connectivity index (χ1n) is 8.37. The molecule has 1 fully saturated rings. The summed E-state index contributed by atoms with van der Waals surface area (Å²) in [6, 6.07) is 15.1. The van der Waals surface area contributed by atoms with E-state index >= 15 is 0 Å². The van der Waals surface area contributed by atoms with Gasteiger partial charge in [-0.05, 0) is 11.6 Å². The van der Waals surface area contributed by atoms with Crippen LogP contribution in [0.4, 0.5) is 5.69 Å². The maximum absolute atomic E-state index is 11.2.